The van der Waals surface area contributed by atoms with Crippen molar-refractivity contribution in [2.24, 2.45) is 0 Å². The second kappa shape index (κ2) is 10.5. The molecule has 0 atom stereocenters. The predicted molar refractivity (Wildman–Crippen MR) is 127 cm³/mol. The molecule has 1 saturated heterocycles. The van der Waals surface area contributed by atoms with Crippen LogP contribution in [0.2, 0.25) is 0 Å². The number of hydrogen-bond donors (Lipinski definition) is 2. The van der Waals surface area contributed by atoms with E-state index in [0.717, 1.165) is 44.5 Å². The number of benzene rings is 2. The summed E-state index contributed by atoms with van der Waals surface area (Å²) in [5.74, 6) is 0.109. The molecule has 2 N–H and O–H groups in total. The first-order chi connectivity index (χ1) is 15.2. The molecular formula is C22H23BrF3N3O2S. The molecule has 1 aliphatic rings. The number of nitrogens with one attached hydrogen (secondary N) is 2. The molecule has 2 aromatic rings. The summed E-state index contributed by atoms with van der Waals surface area (Å²) in [5.41, 5.74) is 0.369. The van der Waals surface area contributed by atoms with Crippen molar-refractivity contribution in [1.29, 1.82) is 0 Å². The van der Waals surface area contributed by atoms with Crippen molar-refractivity contribution in [3.8, 4) is 5.75 Å². The Bertz CT molecular complexity index is 995. The van der Waals surface area contributed by atoms with E-state index in [1.54, 1.807) is 18.2 Å². The van der Waals surface area contributed by atoms with Crippen LogP contribution in [-0.2, 0) is 6.18 Å². The van der Waals surface area contributed by atoms with Crippen LogP contribution in [0, 0.1) is 0 Å². The first-order valence-electron chi connectivity index (χ1n) is 10.2. The number of hydrogen-bond acceptors (Lipinski definition) is 4. The molecule has 0 aromatic heterocycles. The molecule has 3 rings (SSSR count). The van der Waals surface area contributed by atoms with Crippen molar-refractivity contribution < 1.29 is 22.7 Å². The maximum Gasteiger partial charge on any atom is 0.416 e. The SMILES string of the molecule is CCOc1ccc(C(=O)NC(=S)Nc2cc(C(F)(F)F)ccc2N2CCCCC2)cc1Br. The maximum absolute atomic E-state index is 13.3. The Morgan fingerprint density at radius 3 is 2.50 bits per heavy atom. The van der Waals surface area contributed by atoms with Gasteiger partial charge in [0.25, 0.3) is 5.91 Å². The lowest BCUT2D eigenvalue weighted by molar-refractivity contribution is -0.137. The Balaban J connectivity index is 1.78. The van der Waals surface area contributed by atoms with Crippen molar-refractivity contribution in [2.75, 3.05) is 29.9 Å². The summed E-state index contributed by atoms with van der Waals surface area (Å²) in [4.78, 5) is 14.6. The molecule has 0 bridgehead atoms. The highest BCUT2D eigenvalue weighted by Crippen LogP contribution is 2.36. The Labute approximate surface area is 198 Å². The molecule has 0 unspecified atom stereocenters. The normalized spacial score (nSPS) is 14.1. The van der Waals surface area contributed by atoms with E-state index in [0.29, 0.717) is 28.1 Å². The van der Waals surface area contributed by atoms with Gasteiger partial charge in [-0.05, 0) is 90.7 Å². The molecule has 5 nitrogen and oxygen atoms in total. The summed E-state index contributed by atoms with van der Waals surface area (Å²) in [6.45, 7) is 3.83. The van der Waals surface area contributed by atoms with Gasteiger partial charge in [-0.15, -0.1) is 0 Å². The smallest absolute Gasteiger partial charge is 0.416 e. The molecule has 0 aliphatic carbocycles. The zero-order valence-corrected chi connectivity index (χ0v) is 19.8. The lowest BCUT2D eigenvalue weighted by Gasteiger charge is -2.31. The molecule has 2 aromatic carbocycles. The minimum Gasteiger partial charge on any atom is -0.493 e. The first kappa shape index (κ1) is 24.3. The van der Waals surface area contributed by atoms with Crippen LogP contribution in [0.3, 0.4) is 0 Å². The minimum atomic E-state index is -4.49. The Hall–Kier alpha value is -2.33. The molecule has 0 saturated carbocycles. The number of halogens is 4. The summed E-state index contributed by atoms with van der Waals surface area (Å²) in [6.07, 6.45) is -1.47. The molecule has 10 heteroatoms. The fourth-order valence-corrected chi connectivity index (χ4v) is 4.16. The van der Waals surface area contributed by atoms with E-state index < -0.39 is 17.6 Å². The van der Waals surface area contributed by atoms with Crippen LogP contribution in [0.25, 0.3) is 0 Å². The number of amides is 1. The number of rotatable bonds is 5. The fraction of sp³-hybridized carbons (Fsp3) is 0.364. The predicted octanol–water partition coefficient (Wildman–Crippen LogP) is 5.98. The zero-order chi connectivity index (χ0) is 23.3. The van der Waals surface area contributed by atoms with Crippen molar-refractivity contribution in [3.63, 3.8) is 0 Å². The van der Waals surface area contributed by atoms with Crippen molar-refractivity contribution in [1.82, 2.24) is 5.32 Å². The summed E-state index contributed by atoms with van der Waals surface area (Å²) in [5, 5.41) is 5.23. The first-order valence-corrected chi connectivity index (χ1v) is 11.4. The molecule has 0 spiro atoms. The van der Waals surface area contributed by atoms with Gasteiger partial charge in [0.2, 0.25) is 0 Å². The number of thiocarbonyl (C=S) groups is 1. The van der Waals surface area contributed by atoms with Crippen LogP contribution in [-0.4, -0.2) is 30.7 Å². The average molecular weight is 530 g/mol. The van der Waals surface area contributed by atoms with Gasteiger partial charge in [-0.3, -0.25) is 10.1 Å². The van der Waals surface area contributed by atoms with Crippen LogP contribution in [0.1, 0.15) is 42.1 Å². The van der Waals surface area contributed by atoms with Crippen molar-refractivity contribution in [3.05, 3.63) is 52.0 Å². The monoisotopic (exact) mass is 529 g/mol. The number of piperidine rings is 1. The molecule has 1 fully saturated rings. The van der Waals surface area contributed by atoms with E-state index in [2.05, 4.69) is 26.6 Å². The third-order valence-corrected chi connectivity index (χ3v) is 5.81. The Morgan fingerprint density at radius 1 is 1.16 bits per heavy atom. The van der Waals surface area contributed by atoms with Gasteiger partial charge in [-0.25, -0.2) is 0 Å². The van der Waals surface area contributed by atoms with Gasteiger partial charge >= 0.3 is 6.18 Å². The summed E-state index contributed by atoms with van der Waals surface area (Å²) >= 11 is 8.58. The van der Waals surface area contributed by atoms with Gasteiger partial charge in [0.15, 0.2) is 5.11 Å². The molecule has 172 valence electrons. The van der Waals surface area contributed by atoms with Gasteiger partial charge in [0.05, 0.1) is 28.0 Å². The zero-order valence-electron chi connectivity index (χ0n) is 17.4. The van der Waals surface area contributed by atoms with Crippen LogP contribution in [0.15, 0.2) is 40.9 Å². The van der Waals surface area contributed by atoms with Gasteiger partial charge in [0.1, 0.15) is 5.75 Å². The van der Waals surface area contributed by atoms with Crippen LogP contribution < -0.4 is 20.3 Å². The molecule has 32 heavy (non-hydrogen) atoms. The highest BCUT2D eigenvalue weighted by atomic mass is 79.9. The topological polar surface area (TPSA) is 53.6 Å². The number of anilines is 2. The summed E-state index contributed by atoms with van der Waals surface area (Å²) in [7, 11) is 0. The highest BCUT2D eigenvalue weighted by molar-refractivity contribution is 9.10. The van der Waals surface area contributed by atoms with Crippen LogP contribution in [0.5, 0.6) is 5.75 Å². The number of alkyl halides is 3. The third kappa shape index (κ3) is 6.13. The lowest BCUT2D eigenvalue weighted by atomic mass is 10.1. The van der Waals surface area contributed by atoms with E-state index in [1.807, 2.05) is 11.8 Å². The second-order valence-corrected chi connectivity index (χ2v) is 8.53. The van der Waals surface area contributed by atoms with Gasteiger partial charge < -0.3 is 15.0 Å². The number of ether oxygens (including phenoxy) is 1. The molecule has 1 aliphatic heterocycles. The van der Waals surface area contributed by atoms with Crippen LogP contribution in [0.4, 0.5) is 24.5 Å². The largest absolute Gasteiger partial charge is 0.493 e. The van der Waals surface area contributed by atoms with Gasteiger partial charge in [0, 0.05) is 18.7 Å². The second-order valence-electron chi connectivity index (χ2n) is 7.26. The van der Waals surface area contributed by atoms with Crippen LogP contribution >= 0.6 is 28.1 Å². The molecular weight excluding hydrogens is 507 g/mol. The van der Waals surface area contributed by atoms with E-state index in [4.69, 9.17) is 17.0 Å². The Kier molecular flexibility index (Phi) is 8.00. The molecule has 1 heterocycles. The summed E-state index contributed by atoms with van der Waals surface area (Å²) in [6, 6.07) is 8.36. The number of carbonyl (C=O) groups excluding carboxylic acids is 1. The van der Waals surface area contributed by atoms with E-state index in [1.165, 1.54) is 6.07 Å². The minimum absolute atomic E-state index is 0.0856. The third-order valence-electron chi connectivity index (χ3n) is 4.99. The Morgan fingerprint density at radius 2 is 1.88 bits per heavy atom. The van der Waals surface area contributed by atoms with Gasteiger partial charge in [-0.1, -0.05) is 0 Å². The van der Waals surface area contributed by atoms with Gasteiger partial charge in [-0.2, -0.15) is 13.2 Å². The summed E-state index contributed by atoms with van der Waals surface area (Å²) < 4.78 is 45.9. The van der Waals surface area contributed by atoms with E-state index >= 15 is 0 Å². The van der Waals surface area contributed by atoms with Crippen molar-refractivity contribution in [2.45, 2.75) is 32.4 Å². The highest BCUT2D eigenvalue weighted by Gasteiger charge is 2.31. The number of nitrogens with zero attached hydrogens (tertiary/aromatic N) is 1. The molecule has 0 radical (unpaired) electrons. The number of carbonyl (C=O) groups is 1. The molecule has 1 amide bonds. The quantitative estimate of drug-likeness (QED) is 0.466. The maximum atomic E-state index is 13.3. The lowest BCUT2D eigenvalue weighted by Crippen LogP contribution is -2.35. The standard InChI is InChI=1S/C22H23BrF3N3O2S/c1-2-31-19-9-6-14(12-16(19)23)20(30)28-21(32)27-17-13-15(22(24,25)26)7-8-18(17)29-10-4-3-5-11-29/h6-9,12-13H,2-5,10-11H2,1H3,(H2,27,28,30,32). The van der Waals surface area contributed by atoms with Crippen molar-refractivity contribution >= 4 is 50.5 Å². The fourth-order valence-electron chi connectivity index (χ4n) is 3.47. The van der Waals surface area contributed by atoms with E-state index in [9.17, 15) is 18.0 Å². The average Bonchev–Trinajstić information content (AvgIpc) is 2.75. The van der Waals surface area contributed by atoms with E-state index in [-0.39, 0.29) is 10.8 Å².